The molecular formula is C30H30ClF7N2O5S. The van der Waals surface area contributed by atoms with Gasteiger partial charge in [-0.25, -0.2) is 12.8 Å². The minimum atomic E-state index is -6.38. The molecule has 2 fully saturated rings. The maximum absolute atomic E-state index is 15.2. The Balaban J connectivity index is 1.68. The van der Waals surface area contributed by atoms with E-state index in [0.717, 1.165) is 6.07 Å². The standard InChI is InChI=1S/C30H30ClF7N2O5S/c1-2-39-16-24-27(46(44,45)21-10-8-20(31)9-11-21,13-14-40(24)25(41)17-3-5-18(6-4-17)26(42)43)22-12-7-19(15-23(22)39)28(32,29(33,34)35)30(36,37)38/h7-12,15,17-18,24H,2-6,13-14,16H2,1H3,(H,42,43)/t17-,18-,24?,27?. The number of fused-ring (bicyclic) bond motifs is 3. The molecule has 16 heteroatoms. The molecule has 2 atom stereocenters. The van der Waals surface area contributed by atoms with E-state index < -0.39 is 67.9 Å². The van der Waals surface area contributed by atoms with Gasteiger partial charge >= 0.3 is 24.0 Å². The highest BCUT2D eigenvalue weighted by molar-refractivity contribution is 7.92. The van der Waals surface area contributed by atoms with Crippen molar-refractivity contribution in [3.05, 3.63) is 58.6 Å². The summed E-state index contributed by atoms with van der Waals surface area (Å²) in [6.07, 6.45) is -12.0. The zero-order chi connectivity index (χ0) is 34.0. The second-order valence-electron chi connectivity index (χ2n) is 12.0. The molecule has 2 aromatic rings. The topological polar surface area (TPSA) is 95.0 Å². The SMILES string of the molecule is CCN1CC2N(C(=O)[C@H]3CC[C@H](C(=O)O)CC3)CCC2(S(=O)(=O)c2ccc(Cl)cc2)c2ccc(C(F)(C(F)(F)F)C(F)(F)F)cc21. The summed E-state index contributed by atoms with van der Waals surface area (Å²) in [5.41, 5.74) is -7.95. The van der Waals surface area contributed by atoms with Crippen LogP contribution in [0.3, 0.4) is 0 Å². The molecule has 5 rings (SSSR count). The van der Waals surface area contributed by atoms with Crippen LogP contribution in [0.25, 0.3) is 0 Å². The maximum atomic E-state index is 15.2. The molecule has 7 nitrogen and oxygen atoms in total. The first-order valence-electron chi connectivity index (χ1n) is 14.6. The maximum Gasteiger partial charge on any atom is 0.435 e. The number of carboxylic acids is 1. The number of amides is 1. The number of hydrogen-bond acceptors (Lipinski definition) is 5. The summed E-state index contributed by atoms with van der Waals surface area (Å²) in [5.74, 6) is -2.60. The van der Waals surface area contributed by atoms with Crippen molar-refractivity contribution in [3.8, 4) is 0 Å². The van der Waals surface area contributed by atoms with Crippen molar-refractivity contribution in [1.29, 1.82) is 0 Å². The molecule has 0 bridgehead atoms. The van der Waals surface area contributed by atoms with E-state index in [1.807, 2.05) is 0 Å². The van der Waals surface area contributed by atoms with Crippen LogP contribution >= 0.6 is 11.6 Å². The van der Waals surface area contributed by atoms with Crippen molar-refractivity contribution in [2.75, 3.05) is 24.5 Å². The quantitative estimate of drug-likeness (QED) is 0.341. The first kappa shape index (κ1) is 34.3. The third-order valence-corrected chi connectivity index (χ3v) is 12.5. The van der Waals surface area contributed by atoms with Crippen molar-refractivity contribution in [3.63, 3.8) is 0 Å². The number of sulfone groups is 1. The Labute approximate surface area is 265 Å². The van der Waals surface area contributed by atoms with E-state index in [4.69, 9.17) is 11.6 Å². The number of carbonyl (C=O) groups is 2. The number of carbonyl (C=O) groups excluding carboxylic acids is 1. The lowest BCUT2D eigenvalue weighted by molar-refractivity contribution is -0.348. The van der Waals surface area contributed by atoms with E-state index >= 15 is 4.39 Å². The molecule has 3 aliphatic rings. The number of alkyl halides is 7. The third kappa shape index (κ3) is 5.12. The van der Waals surface area contributed by atoms with Crippen LogP contribution in [0.1, 0.15) is 50.2 Å². The highest BCUT2D eigenvalue weighted by atomic mass is 35.5. The normalized spacial score (nSPS) is 25.6. The first-order valence-corrected chi connectivity index (χ1v) is 16.4. The lowest BCUT2D eigenvalue weighted by Crippen LogP contribution is -2.59. The van der Waals surface area contributed by atoms with E-state index in [1.54, 1.807) is 6.92 Å². The molecule has 0 spiro atoms. The van der Waals surface area contributed by atoms with Gasteiger partial charge in [0.15, 0.2) is 9.84 Å². The molecule has 1 amide bonds. The van der Waals surface area contributed by atoms with Gasteiger partial charge in [-0.05, 0) is 74.9 Å². The Kier molecular flexibility index (Phi) is 8.62. The van der Waals surface area contributed by atoms with E-state index in [2.05, 4.69) is 0 Å². The van der Waals surface area contributed by atoms with Crippen LogP contribution in [0.15, 0.2) is 47.4 Å². The number of carboxylic acid groups (broad SMARTS) is 1. The summed E-state index contributed by atoms with van der Waals surface area (Å²) in [4.78, 5) is 27.9. The zero-order valence-electron chi connectivity index (χ0n) is 24.3. The Morgan fingerprint density at radius 2 is 1.50 bits per heavy atom. The van der Waals surface area contributed by atoms with E-state index in [0.29, 0.717) is 12.1 Å². The van der Waals surface area contributed by atoms with Crippen molar-refractivity contribution in [1.82, 2.24) is 4.90 Å². The van der Waals surface area contributed by atoms with E-state index in [-0.39, 0.29) is 72.9 Å². The molecule has 2 aliphatic heterocycles. The summed E-state index contributed by atoms with van der Waals surface area (Å²) in [6, 6.07) is 5.46. The molecule has 2 heterocycles. The third-order valence-electron chi connectivity index (χ3n) is 9.70. The Morgan fingerprint density at radius 3 is 2.02 bits per heavy atom. The van der Waals surface area contributed by atoms with Gasteiger partial charge in [0.25, 0.3) is 0 Å². The van der Waals surface area contributed by atoms with Gasteiger partial charge < -0.3 is 14.9 Å². The molecule has 1 saturated heterocycles. The number of rotatable bonds is 6. The Hall–Kier alpha value is -3.07. The fourth-order valence-electron chi connectivity index (χ4n) is 7.25. The molecular weight excluding hydrogens is 669 g/mol. The van der Waals surface area contributed by atoms with Crippen LogP contribution in [-0.2, 0) is 29.8 Å². The first-order chi connectivity index (χ1) is 21.3. The van der Waals surface area contributed by atoms with Crippen LogP contribution in [0.2, 0.25) is 5.02 Å². The fraction of sp³-hybridized carbons (Fsp3) is 0.533. The van der Waals surface area contributed by atoms with Crippen molar-refractivity contribution in [2.24, 2.45) is 11.8 Å². The van der Waals surface area contributed by atoms with E-state index in [9.17, 15) is 49.5 Å². The minimum Gasteiger partial charge on any atom is -0.481 e. The summed E-state index contributed by atoms with van der Waals surface area (Å²) in [6.45, 7) is 1.13. The number of nitrogens with zero attached hydrogens (tertiary/aromatic N) is 2. The van der Waals surface area contributed by atoms with Gasteiger partial charge in [0.1, 0.15) is 4.75 Å². The number of halogens is 8. The van der Waals surface area contributed by atoms with Crippen LogP contribution in [-0.4, -0.2) is 68.3 Å². The lowest BCUT2D eigenvalue weighted by atomic mass is 9.80. The summed E-state index contributed by atoms with van der Waals surface area (Å²) in [7, 11) is -4.54. The monoisotopic (exact) mass is 698 g/mol. The van der Waals surface area contributed by atoms with Gasteiger partial charge in [-0.15, -0.1) is 0 Å². The predicted molar refractivity (Wildman–Crippen MR) is 153 cm³/mol. The molecule has 1 N–H and O–H groups in total. The number of likely N-dealkylation sites (tertiary alicyclic amines) is 1. The summed E-state index contributed by atoms with van der Waals surface area (Å²) < 4.78 is 125. The Bertz CT molecular complexity index is 1610. The summed E-state index contributed by atoms with van der Waals surface area (Å²) in [5, 5.41) is 9.57. The average Bonchev–Trinajstić information content (AvgIpc) is 3.39. The van der Waals surface area contributed by atoms with Crippen LogP contribution in [0.5, 0.6) is 0 Å². The van der Waals surface area contributed by atoms with Crippen molar-refractivity contribution >= 4 is 39.0 Å². The van der Waals surface area contributed by atoms with Crippen LogP contribution in [0.4, 0.5) is 36.4 Å². The van der Waals surface area contributed by atoms with Gasteiger partial charge in [-0.1, -0.05) is 23.7 Å². The summed E-state index contributed by atoms with van der Waals surface area (Å²) >= 11 is 5.98. The second kappa shape index (κ2) is 11.6. The van der Waals surface area contributed by atoms with Crippen molar-refractivity contribution in [2.45, 2.75) is 72.7 Å². The smallest absolute Gasteiger partial charge is 0.435 e. The van der Waals surface area contributed by atoms with Crippen LogP contribution in [0, 0.1) is 11.8 Å². The second-order valence-corrected chi connectivity index (χ2v) is 14.6. The fourth-order valence-corrected chi connectivity index (χ4v) is 9.67. The number of aliphatic carboxylic acids is 1. The van der Waals surface area contributed by atoms with Gasteiger partial charge in [-0.3, -0.25) is 9.59 Å². The highest BCUT2D eigenvalue weighted by Crippen LogP contribution is 2.58. The predicted octanol–water partition coefficient (Wildman–Crippen LogP) is 6.63. The highest BCUT2D eigenvalue weighted by Gasteiger charge is 2.74. The zero-order valence-corrected chi connectivity index (χ0v) is 25.9. The molecule has 252 valence electrons. The van der Waals surface area contributed by atoms with Crippen molar-refractivity contribution < 1.29 is 53.8 Å². The van der Waals surface area contributed by atoms with E-state index in [1.165, 1.54) is 34.1 Å². The molecule has 2 aromatic carbocycles. The minimum absolute atomic E-state index is 0.0207. The average molecular weight is 699 g/mol. The molecule has 0 aromatic heterocycles. The number of likely N-dealkylation sites (N-methyl/N-ethyl adjacent to an activating group) is 1. The Morgan fingerprint density at radius 1 is 0.935 bits per heavy atom. The van der Waals surface area contributed by atoms with Gasteiger partial charge in [-0.2, -0.15) is 26.3 Å². The number of anilines is 1. The van der Waals surface area contributed by atoms with Gasteiger partial charge in [0.2, 0.25) is 5.91 Å². The van der Waals surface area contributed by atoms with Gasteiger partial charge in [0, 0.05) is 41.8 Å². The molecule has 46 heavy (non-hydrogen) atoms. The number of hydrogen-bond donors (Lipinski definition) is 1. The van der Waals surface area contributed by atoms with Gasteiger partial charge in [0.05, 0.1) is 16.9 Å². The number of benzene rings is 2. The van der Waals surface area contributed by atoms with Crippen LogP contribution < -0.4 is 4.90 Å². The largest absolute Gasteiger partial charge is 0.481 e. The lowest BCUT2D eigenvalue weighted by Gasteiger charge is -2.48. The molecule has 1 saturated carbocycles. The molecule has 1 aliphatic carbocycles. The molecule has 2 unspecified atom stereocenters. The molecule has 0 radical (unpaired) electrons.